The van der Waals surface area contributed by atoms with E-state index in [4.69, 9.17) is 11.1 Å². The fourth-order valence-corrected chi connectivity index (χ4v) is 2.61. The van der Waals surface area contributed by atoms with Gasteiger partial charge in [-0.2, -0.15) is 0 Å². The van der Waals surface area contributed by atoms with E-state index in [1.165, 1.54) is 0 Å². The molecule has 0 radical (unpaired) electrons. The molecule has 0 spiro atoms. The van der Waals surface area contributed by atoms with Crippen molar-refractivity contribution in [1.82, 2.24) is 16.0 Å². The molecule has 1 atom stereocenters. The number of carbonyl (C=O) groups excluding carboxylic acids is 2. The van der Waals surface area contributed by atoms with Crippen LogP contribution in [0.3, 0.4) is 0 Å². The molecule has 7 heteroatoms. The number of nitrogen functional groups attached to an aromatic ring is 1. The molecule has 1 heterocycles. The fourth-order valence-electron chi connectivity index (χ4n) is 2.61. The zero-order chi connectivity index (χ0) is 17.4. The summed E-state index contributed by atoms with van der Waals surface area (Å²) < 4.78 is 0. The minimum atomic E-state index is -0.0608. The highest BCUT2D eigenvalue weighted by atomic mass is 16.2. The Bertz CT molecular complexity index is 579. The number of nitrogens with one attached hydrogen (secondary N) is 4. The van der Waals surface area contributed by atoms with Crippen molar-refractivity contribution in [2.24, 2.45) is 5.73 Å². The molecule has 2 amide bonds. The summed E-state index contributed by atoms with van der Waals surface area (Å²) in [6.07, 6.45) is 2.93. The second-order valence-corrected chi connectivity index (χ2v) is 5.93. The second-order valence-electron chi connectivity index (χ2n) is 5.93. The predicted molar refractivity (Wildman–Crippen MR) is 92.8 cm³/mol. The number of rotatable bonds is 8. The van der Waals surface area contributed by atoms with Crippen molar-refractivity contribution in [2.45, 2.75) is 31.7 Å². The number of hydrogen-bond acceptors (Lipinski definition) is 4. The quantitative estimate of drug-likeness (QED) is 0.259. The van der Waals surface area contributed by atoms with Crippen LogP contribution in [0.1, 0.15) is 30.4 Å². The Hall–Kier alpha value is -2.41. The van der Waals surface area contributed by atoms with E-state index in [2.05, 4.69) is 16.0 Å². The minimum Gasteiger partial charge on any atom is -0.384 e. The molecule has 130 valence electrons. The lowest BCUT2D eigenvalue weighted by molar-refractivity contribution is -0.122. The van der Waals surface area contributed by atoms with Crippen molar-refractivity contribution in [3.05, 3.63) is 35.4 Å². The molecule has 0 bridgehead atoms. The molecule has 7 nitrogen and oxygen atoms in total. The van der Waals surface area contributed by atoms with Gasteiger partial charge in [-0.15, -0.1) is 0 Å². The van der Waals surface area contributed by atoms with Crippen LogP contribution in [0.2, 0.25) is 0 Å². The average molecular weight is 331 g/mol. The molecule has 1 aliphatic rings. The number of amidine groups is 1. The molecule has 0 aliphatic carbocycles. The maximum absolute atomic E-state index is 11.9. The Labute approximate surface area is 141 Å². The van der Waals surface area contributed by atoms with E-state index in [1.54, 1.807) is 24.3 Å². The highest BCUT2D eigenvalue weighted by molar-refractivity contribution is 5.95. The summed E-state index contributed by atoms with van der Waals surface area (Å²) in [6.45, 7) is 1.99. The molecule has 6 N–H and O–H groups in total. The lowest BCUT2D eigenvalue weighted by Gasteiger charge is -2.11. The van der Waals surface area contributed by atoms with Gasteiger partial charge in [-0.3, -0.25) is 15.0 Å². The van der Waals surface area contributed by atoms with Gasteiger partial charge in [0.25, 0.3) is 0 Å². The van der Waals surface area contributed by atoms with Gasteiger partial charge in [0.05, 0.1) is 12.5 Å². The Morgan fingerprint density at radius 2 is 1.92 bits per heavy atom. The SMILES string of the molecule is N=C(N)c1ccc(CC(=O)NCCCNC(=O)C2CCCN2)cc1. The summed E-state index contributed by atoms with van der Waals surface area (Å²) in [7, 11) is 0. The molecular weight excluding hydrogens is 306 g/mol. The third-order valence-electron chi connectivity index (χ3n) is 3.98. The van der Waals surface area contributed by atoms with Crippen molar-refractivity contribution >= 4 is 17.6 Å². The van der Waals surface area contributed by atoms with Crippen LogP contribution in [-0.4, -0.2) is 43.3 Å². The van der Waals surface area contributed by atoms with Gasteiger partial charge in [-0.1, -0.05) is 24.3 Å². The second kappa shape index (κ2) is 9.02. The molecule has 1 saturated heterocycles. The van der Waals surface area contributed by atoms with Crippen LogP contribution >= 0.6 is 0 Å². The summed E-state index contributed by atoms with van der Waals surface area (Å²) in [5.74, 6) is -0.000369. The minimum absolute atomic E-state index is 0.0147. The van der Waals surface area contributed by atoms with Crippen molar-refractivity contribution in [2.75, 3.05) is 19.6 Å². The lowest BCUT2D eigenvalue weighted by Crippen LogP contribution is -2.41. The summed E-state index contributed by atoms with van der Waals surface area (Å²) >= 11 is 0. The summed E-state index contributed by atoms with van der Waals surface area (Å²) in [6, 6.07) is 7.00. The van der Waals surface area contributed by atoms with Crippen molar-refractivity contribution in [3.8, 4) is 0 Å². The Balaban J connectivity index is 1.59. The van der Waals surface area contributed by atoms with Gasteiger partial charge in [0.15, 0.2) is 0 Å². The van der Waals surface area contributed by atoms with Crippen LogP contribution in [0.4, 0.5) is 0 Å². The first-order valence-corrected chi connectivity index (χ1v) is 8.27. The van der Waals surface area contributed by atoms with Gasteiger partial charge in [-0.25, -0.2) is 0 Å². The molecule has 2 rings (SSSR count). The molecule has 24 heavy (non-hydrogen) atoms. The Kier molecular flexibility index (Phi) is 6.74. The monoisotopic (exact) mass is 331 g/mol. The summed E-state index contributed by atoms with van der Waals surface area (Å²) in [4.78, 5) is 23.6. The first-order valence-electron chi connectivity index (χ1n) is 8.27. The first-order chi connectivity index (χ1) is 11.6. The topological polar surface area (TPSA) is 120 Å². The summed E-state index contributed by atoms with van der Waals surface area (Å²) in [5.41, 5.74) is 6.91. The van der Waals surface area contributed by atoms with E-state index in [-0.39, 0.29) is 30.1 Å². The maximum Gasteiger partial charge on any atom is 0.237 e. The average Bonchev–Trinajstić information content (AvgIpc) is 3.09. The molecule has 0 aromatic heterocycles. The van der Waals surface area contributed by atoms with E-state index in [9.17, 15) is 9.59 Å². The third-order valence-corrected chi connectivity index (χ3v) is 3.98. The number of nitrogens with two attached hydrogens (primary N) is 1. The maximum atomic E-state index is 11.9. The highest BCUT2D eigenvalue weighted by Gasteiger charge is 2.21. The van der Waals surface area contributed by atoms with Gasteiger partial charge in [0, 0.05) is 18.7 Å². The zero-order valence-electron chi connectivity index (χ0n) is 13.7. The summed E-state index contributed by atoms with van der Waals surface area (Å²) in [5, 5.41) is 16.2. The van der Waals surface area contributed by atoms with E-state index in [1.807, 2.05) is 0 Å². The molecule has 1 aromatic carbocycles. The van der Waals surface area contributed by atoms with Crippen LogP contribution in [0.5, 0.6) is 0 Å². The molecule has 1 aliphatic heterocycles. The molecule has 1 aromatic rings. The smallest absolute Gasteiger partial charge is 0.237 e. The molecule has 1 unspecified atom stereocenters. The zero-order valence-corrected chi connectivity index (χ0v) is 13.7. The van der Waals surface area contributed by atoms with Gasteiger partial charge >= 0.3 is 0 Å². The van der Waals surface area contributed by atoms with E-state index in [0.29, 0.717) is 25.1 Å². The molecular formula is C17H25N5O2. The molecule has 0 saturated carbocycles. The van der Waals surface area contributed by atoms with Gasteiger partial charge < -0.3 is 21.7 Å². The van der Waals surface area contributed by atoms with Crippen LogP contribution in [0.25, 0.3) is 0 Å². The number of hydrogen-bond donors (Lipinski definition) is 5. The van der Waals surface area contributed by atoms with Crippen LogP contribution < -0.4 is 21.7 Å². The van der Waals surface area contributed by atoms with Crippen LogP contribution in [0.15, 0.2) is 24.3 Å². The van der Waals surface area contributed by atoms with Gasteiger partial charge in [0.2, 0.25) is 11.8 Å². The normalized spacial score (nSPS) is 16.6. The highest BCUT2D eigenvalue weighted by Crippen LogP contribution is 2.05. The largest absolute Gasteiger partial charge is 0.384 e. The Morgan fingerprint density at radius 3 is 2.54 bits per heavy atom. The Morgan fingerprint density at radius 1 is 1.21 bits per heavy atom. The standard InChI is InChI=1S/C17H25N5O2/c18-16(19)13-6-4-12(5-7-13)11-15(23)21-9-2-10-22-17(24)14-3-1-8-20-14/h4-7,14,20H,1-3,8-11H2,(H3,18,19)(H,21,23)(H,22,24). The van der Waals surface area contributed by atoms with Crippen molar-refractivity contribution in [3.63, 3.8) is 0 Å². The van der Waals surface area contributed by atoms with Crippen molar-refractivity contribution in [1.29, 1.82) is 5.41 Å². The first kappa shape index (κ1) is 17.9. The van der Waals surface area contributed by atoms with Gasteiger partial charge in [-0.05, 0) is 31.4 Å². The van der Waals surface area contributed by atoms with Crippen molar-refractivity contribution < 1.29 is 9.59 Å². The lowest BCUT2D eigenvalue weighted by atomic mass is 10.1. The molecule has 1 fully saturated rings. The van der Waals surface area contributed by atoms with Crippen LogP contribution in [-0.2, 0) is 16.0 Å². The predicted octanol–water partition coefficient (Wildman–Crippen LogP) is -0.112. The fraction of sp³-hybridized carbons (Fsp3) is 0.471. The van der Waals surface area contributed by atoms with Crippen LogP contribution in [0, 0.1) is 5.41 Å². The number of amides is 2. The van der Waals surface area contributed by atoms with E-state index < -0.39 is 0 Å². The number of carbonyl (C=O) groups is 2. The van der Waals surface area contributed by atoms with Gasteiger partial charge in [0.1, 0.15) is 5.84 Å². The third kappa shape index (κ3) is 5.66. The van der Waals surface area contributed by atoms with E-state index >= 15 is 0 Å². The van der Waals surface area contributed by atoms with E-state index in [0.717, 1.165) is 24.9 Å². The number of benzene rings is 1.